The van der Waals surface area contributed by atoms with Gasteiger partial charge in [0.05, 0.1) is 12.2 Å². The Labute approximate surface area is 113 Å². The van der Waals surface area contributed by atoms with Crippen LogP contribution >= 0.6 is 0 Å². The number of hydrogen-bond donors (Lipinski definition) is 1. The minimum absolute atomic E-state index is 0.278. The molecule has 2 saturated carbocycles. The summed E-state index contributed by atoms with van der Waals surface area (Å²) in [6.45, 7) is 4.75. The number of rotatable bonds is 2. The summed E-state index contributed by atoms with van der Waals surface area (Å²) in [5, 5.41) is 0. The van der Waals surface area contributed by atoms with Gasteiger partial charge in [-0.05, 0) is 43.9 Å². The van der Waals surface area contributed by atoms with Crippen molar-refractivity contribution in [2.24, 2.45) is 17.6 Å². The average molecular weight is 253 g/mol. The van der Waals surface area contributed by atoms with E-state index in [0.29, 0.717) is 12.2 Å². The van der Waals surface area contributed by atoms with Crippen LogP contribution in [0.5, 0.6) is 0 Å². The highest BCUT2D eigenvalue weighted by Crippen LogP contribution is 2.32. The zero-order chi connectivity index (χ0) is 13.0. The van der Waals surface area contributed by atoms with Crippen molar-refractivity contribution in [3.05, 3.63) is 0 Å². The standard InChI is InChI=1S/C16H31NO/c1-12-9-10-14(11-13(12)2)18-16-8-6-4-3-5-7-15(16)17/h12-16H,3-11,17H2,1-2H3. The second-order valence-corrected chi connectivity index (χ2v) is 6.72. The molecular formula is C16H31NO. The van der Waals surface area contributed by atoms with Crippen molar-refractivity contribution in [1.82, 2.24) is 0 Å². The van der Waals surface area contributed by atoms with Gasteiger partial charge in [-0.1, -0.05) is 39.5 Å². The fraction of sp³-hybridized carbons (Fsp3) is 1.00. The molecule has 2 aliphatic carbocycles. The highest BCUT2D eigenvalue weighted by molar-refractivity contribution is 4.81. The Morgan fingerprint density at radius 3 is 2.28 bits per heavy atom. The Hall–Kier alpha value is -0.0800. The third-order valence-corrected chi connectivity index (χ3v) is 5.17. The lowest BCUT2D eigenvalue weighted by Crippen LogP contribution is -2.41. The van der Waals surface area contributed by atoms with E-state index in [4.69, 9.17) is 10.5 Å². The molecule has 0 aromatic rings. The Morgan fingerprint density at radius 2 is 1.56 bits per heavy atom. The molecule has 5 unspecified atom stereocenters. The van der Waals surface area contributed by atoms with E-state index in [-0.39, 0.29) is 6.04 Å². The molecule has 0 bridgehead atoms. The molecule has 106 valence electrons. The molecule has 0 spiro atoms. The van der Waals surface area contributed by atoms with Crippen LogP contribution in [0.1, 0.15) is 71.6 Å². The van der Waals surface area contributed by atoms with Gasteiger partial charge in [0.1, 0.15) is 0 Å². The minimum Gasteiger partial charge on any atom is -0.373 e. The lowest BCUT2D eigenvalue weighted by molar-refractivity contribution is -0.0633. The molecule has 2 nitrogen and oxygen atoms in total. The van der Waals surface area contributed by atoms with Crippen molar-refractivity contribution in [3.8, 4) is 0 Å². The summed E-state index contributed by atoms with van der Waals surface area (Å²) in [7, 11) is 0. The summed E-state index contributed by atoms with van der Waals surface area (Å²) < 4.78 is 6.37. The molecule has 0 aliphatic heterocycles. The normalized spacial score (nSPS) is 43.2. The van der Waals surface area contributed by atoms with Gasteiger partial charge in [0.15, 0.2) is 0 Å². The fourth-order valence-electron chi connectivity index (χ4n) is 3.52. The summed E-state index contributed by atoms with van der Waals surface area (Å²) in [4.78, 5) is 0. The highest BCUT2D eigenvalue weighted by Gasteiger charge is 2.29. The van der Waals surface area contributed by atoms with E-state index in [1.807, 2.05) is 0 Å². The third-order valence-electron chi connectivity index (χ3n) is 5.17. The molecular weight excluding hydrogens is 222 g/mol. The van der Waals surface area contributed by atoms with Gasteiger partial charge in [-0.3, -0.25) is 0 Å². The van der Waals surface area contributed by atoms with Gasteiger partial charge in [-0.2, -0.15) is 0 Å². The molecule has 0 aromatic heterocycles. The van der Waals surface area contributed by atoms with E-state index in [0.717, 1.165) is 18.3 Å². The quantitative estimate of drug-likeness (QED) is 0.810. The van der Waals surface area contributed by atoms with Crippen LogP contribution in [-0.4, -0.2) is 18.2 Å². The number of hydrogen-bond acceptors (Lipinski definition) is 2. The van der Waals surface area contributed by atoms with E-state index in [1.54, 1.807) is 0 Å². The van der Waals surface area contributed by atoms with Gasteiger partial charge in [0, 0.05) is 6.04 Å². The predicted molar refractivity (Wildman–Crippen MR) is 76.5 cm³/mol. The smallest absolute Gasteiger partial charge is 0.0729 e. The maximum Gasteiger partial charge on any atom is 0.0729 e. The first-order valence-electron chi connectivity index (χ1n) is 8.08. The SMILES string of the molecule is CC1CCC(OC2CCCCCCC2N)CC1C. The summed E-state index contributed by atoms with van der Waals surface area (Å²) in [6.07, 6.45) is 12.3. The Kier molecular flexibility index (Phi) is 5.50. The van der Waals surface area contributed by atoms with Crippen LogP contribution in [-0.2, 0) is 4.74 Å². The molecule has 2 fully saturated rings. The molecule has 0 heterocycles. The van der Waals surface area contributed by atoms with Crippen molar-refractivity contribution in [2.45, 2.75) is 89.9 Å². The molecule has 0 saturated heterocycles. The topological polar surface area (TPSA) is 35.2 Å². The lowest BCUT2D eigenvalue weighted by atomic mass is 9.80. The van der Waals surface area contributed by atoms with Crippen LogP contribution in [0, 0.1) is 11.8 Å². The van der Waals surface area contributed by atoms with E-state index in [1.165, 1.54) is 51.4 Å². The van der Waals surface area contributed by atoms with Crippen LogP contribution in [0.25, 0.3) is 0 Å². The Balaban J connectivity index is 1.82. The van der Waals surface area contributed by atoms with Crippen molar-refractivity contribution in [2.75, 3.05) is 0 Å². The van der Waals surface area contributed by atoms with Gasteiger partial charge in [-0.15, -0.1) is 0 Å². The maximum absolute atomic E-state index is 6.37. The van der Waals surface area contributed by atoms with Gasteiger partial charge < -0.3 is 10.5 Å². The predicted octanol–water partition coefficient (Wildman–Crippen LogP) is 3.88. The van der Waals surface area contributed by atoms with Gasteiger partial charge in [-0.25, -0.2) is 0 Å². The zero-order valence-corrected chi connectivity index (χ0v) is 12.2. The van der Waals surface area contributed by atoms with E-state index < -0.39 is 0 Å². The Morgan fingerprint density at radius 1 is 0.833 bits per heavy atom. The van der Waals surface area contributed by atoms with Gasteiger partial charge >= 0.3 is 0 Å². The van der Waals surface area contributed by atoms with Crippen molar-refractivity contribution >= 4 is 0 Å². The molecule has 5 atom stereocenters. The summed E-state index contributed by atoms with van der Waals surface area (Å²) in [5.41, 5.74) is 6.30. The van der Waals surface area contributed by atoms with E-state index in [2.05, 4.69) is 13.8 Å². The molecule has 0 aromatic carbocycles. The van der Waals surface area contributed by atoms with Gasteiger partial charge in [0.25, 0.3) is 0 Å². The molecule has 0 amide bonds. The molecule has 2 heteroatoms. The maximum atomic E-state index is 6.37. The summed E-state index contributed by atoms with van der Waals surface area (Å²) in [6, 6.07) is 0.278. The van der Waals surface area contributed by atoms with Crippen molar-refractivity contribution < 1.29 is 4.74 Å². The van der Waals surface area contributed by atoms with Gasteiger partial charge in [0.2, 0.25) is 0 Å². The van der Waals surface area contributed by atoms with E-state index in [9.17, 15) is 0 Å². The molecule has 2 aliphatic rings. The number of nitrogens with two attached hydrogens (primary N) is 1. The first-order valence-corrected chi connectivity index (χ1v) is 8.08. The fourth-order valence-corrected chi connectivity index (χ4v) is 3.52. The first-order chi connectivity index (χ1) is 8.66. The third kappa shape index (κ3) is 3.96. The van der Waals surface area contributed by atoms with Crippen molar-refractivity contribution in [3.63, 3.8) is 0 Å². The molecule has 18 heavy (non-hydrogen) atoms. The average Bonchev–Trinajstić information content (AvgIpc) is 2.33. The minimum atomic E-state index is 0.278. The van der Waals surface area contributed by atoms with E-state index >= 15 is 0 Å². The second kappa shape index (κ2) is 6.91. The largest absolute Gasteiger partial charge is 0.373 e. The number of ether oxygens (including phenoxy) is 1. The monoisotopic (exact) mass is 253 g/mol. The first kappa shape index (κ1) is 14.3. The molecule has 2 N–H and O–H groups in total. The second-order valence-electron chi connectivity index (χ2n) is 6.72. The van der Waals surface area contributed by atoms with Crippen LogP contribution in [0.15, 0.2) is 0 Å². The highest BCUT2D eigenvalue weighted by atomic mass is 16.5. The van der Waals surface area contributed by atoms with Crippen LogP contribution < -0.4 is 5.73 Å². The van der Waals surface area contributed by atoms with Crippen LogP contribution in [0.3, 0.4) is 0 Å². The molecule has 2 rings (SSSR count). The van der Waals surface area contributed by atoms with Crippen LogP contribution in [0.4, 0.5) is 0 Å². The zero-order valence-electron chi connectivity index (χ0n) is 12.2. The van der Waals surface area contributed by atoms with Crippen molar-refractivity contribution in [1.29, 1.82) is 0 Å². The summed E-state index contributed by atoms with van der Waals surface area (Å²) >= 11 is 0. The Bertz CT molecular complexity index is 243. The lowest BCUT2D eigenvalue weighted by Gasteiger charge is -2.36. The van der Waals surface area contributed by atoms with Crippen LogP contribution in [0.2, 0.25) is 0 Å². The summed E-state index contributed by atoms with van der Waals surface area (Å²) in [5.74, 6) is 1.68. The molecule has 0 radical (unpaired) electrons.